The third-order valence-corrected chi connectivity index (χ3v) is 2.02. The maximum atomic E-state index is 5.73. The summed E-state index contributed by atoms with van der Waals surface area (Å²) in [6, 6.07) is 5.48. The highest BCUT2D eigenvalue weighted by atomic mass is 35.5. The summed E-state index contributed by atoms with van der Waals surface area (Å²) in [6.45, 7) is 1.89. The minimum atomic E-state index is 0. The molecule has 0 aliphatic heterocycles. The molecule has 0 unspecified atom stereocenters. The van der Waals surface area contributed by atoms with Gasteiger partial charge in [0.05, 0.1) is 0 Å². The van der Waals surface area contributed by atoms with E-state index in [2.05, 4.69) is 0 Å². The number of halogens is 2. The van der Waals surface area contributed by atoms with Gasteiger partial charge < -0.3 is 5.48 Å². The van der Waals surface area contributed by atoms with E-state index in [1.807, 2.05) is 25.1 Å². The van der Waals surface area contributed by atoms with Crippen molar-refractivity contribution in [2.45, 2.75) is 6.92 Å². The molecule has 0 fully saturated rings. The van der Waals surface area contributed by atoms with E-state index in [9.17, 15) is 0 Å². The Balaban J connectivity index is 0.000000810. The molecule has 0 saturated carbocycles. The maximum absolute atomic E-state index is 5.73. The van der Waals surface area contributed by atoms with Crippen LogP contribution in [0.3, 0.4) is 0 Å². The quantitative estimate of drug-likeness (QED) is 0.585. The Hall–Kier alpha value is -0.240. The van der Waals surface area contributed by atoms with Crippen LogP contribution < -0.4 is 0 Å². The summed E-state index contributed by atoms with van der Waals surface area (Å²) in [4.78, 5) is 0. The zero-order valence-electron chi connectivity index (χ0n) is 5.49. The van der Waals surface area contributed by atoms with E-state index in [4.69, 9.17) is 23.2 Å². The molecular weight excluding hydrogens is 171 g/mol. The standard InChI is InChI=1S/C7H6Cl2.H2O/c1-5-6(8)3-2-4-7(5)9;/h2-4H,1H3;1H2. The summed E-state index contributed by atoms with van der Waals surface area (Å²) in [6.07, 6.45) is 0. The molecule has 1 rings (SSSR count). The molecule has 0 aliphatic carbocycles. The Morgan fingerprint density at radius 1 is 1.10 bits per heavy atom. The Bertz CT molecular complexity index is 203. The van der Waals surface area contributed by atoms with Crippen LogP contribution in [0, 0.1) is 6.92 Å². The summed E-state index contributed by atoms with van der Waals surface area (Å²) in [5.41, 5.74) is 0.945. The molecule has 0 aliphatic rings. The zero-order valence-corrected chi connectivity index (χ0v) is 7.00. The zero-order chi connectivity index (χ0) is 6.85. The van der Waals surface area contributed by atoms with Crippen LogP contribution in [0.25, 0.3) is 0 Å². The second-order valence-corrected chi connectivity index (χ2v) is 2.66. The van der Waals surface area contributed by atoms with Gasteiger partial charge in [0.25, 0.3) is 0 Å². The monoisotopic (exact) mass is 178 g/mol. The van der Waals surface area contributed by atoms with E-state index in [1.165, 1.54) is 0 Å². The van der Waals surface area contributed by atoms with Gasteiger partial charge in [-0.25, -0.2) is 0 Å². The van der Waals surface area contributed by atoms with Crippen molar-refractivity contribution in [3.05, 3.63) is 33.8 Å². The Morgan fingerprint density at radius 2 is 1.50 bits per heavy atom. The number of hydrogen-bond acceptors (Lipinski definition) is 0. The van der Waals surface area contributed by atoms with Crippen molar-refractivity contribution in [1.29, 1.82) is 0 Å². The minimum absolute atomic E-state index is 0. The van der Waals surface area contributed by atoms with Crippen molar-refractivity contribution < 1.29 is 5.48 Å². The van der Waals surface area contributed by atoms with Crippen molar-refractivity contribution in [3.8, 4) is 0 Å². The summed E-state index contributed by atoms with van der Waals surface area (Å²) < 4.78 is 0. The molecule has 0 atom stereocenters. The molecule has 0 spiro atoms. The van der Waals surface area contributed by atoms with Crippen LogP contribution in [0.2, 0.25) is 10.0 Å². The first-order valence-corrected chi connectivity index (χ1v) is 3.38. The predicted molar refractivity (Wildman–Crippen MR) is 44.8 cm³/mol. The van der Waals surface area contributed by atoms with E-state index in [-0.39, 0.29) is 5.48 Å². The van der Waals surface area contributed by atoms with Crippen molar-refractivity contribution in [2.75, 3.05) is 0 Å². The third kappa shape index (κ3) is 1.87. The molecule has 1 aromatic carbocycles. The van der Waals surface area contributed by atoms with Gasteiger partial charge in [0, 0.05) is 10.0 Å². The highest BCUT2D eigenvalue weighted by Gasteiger charge is 1.96. The van der Waals surface area contributed by atoms with Crippen molar-refractivity contribution in [2.24, 2.45) is 0 Å². The average molecular weight is 179 g/mol. The fraction of sp³-hybridized carbons (Fsp3) is 0.143. The van der Waals surface area contributed by atoms with Gasteiger partial charge in [0.2, 0.25) is 0 Å². The summed E-state index contributed by atoms with van der Waals surface area (Å²) in [5.74, 6) is 0. The van der Waals surface area contributed by atoms with Crippen LogP contribution >= 0.6 is 23.2 Å². The SMILES string of the molecule is Cc1c(Cl)cccc1Cl.O. The predicted octanol–water partition coefficient (Wildman–Crippen LogP) is 2.48. The lowest BCUT2D eigenvalue weighted by Gasteiger charge is -1.96. The molecule has 0 amide bonds. The van der Waals surface area contributed by atoms with Gasteiger partial charge in [-0.15, -0.1) is 0 Å². The highest BCUT2D eigenvalue weighted by molar-refractivity contribution is 6.35. The number of hydrogen-bond donors (Lipinski definition) is 0. The molecule has 0 bridgehead atoms. The average Bonchev–Trinajstić information content (AvgIpc) is 1.83. The largest absolute Gasteiger partial charge is 0.412 e. The van der Waals surface area contributed by atoms with Crippen LogP contribution in [0.1, 0.15) is 5.56 Å². The van der Waals surface area contributed by atoms with E-state index in [0.717, 1.165) is 15.6 Å². The smallest absolute Gasteiger partial charge is 0.0450 e. The summed E-state index contributed by atoms with van der Waals surface area (Å²) in [5, 5.41) is 1.45. The molecule has 2 N–H and O–H groups in total. The summed E-state index contributed by atoms with van der Waals surface area (Å²) >= 11 is 11.5. The lowest BCUT2D eigenvalue weighted by atomic mass is 10.2. The van der Waals surface area contributed by atoms with E-state index >= 15 is 0 Å². The van der Waals surface area contributed by atoms with Gasteiger partial charge in [-0.05, 0) is 24.6 Å². The molecule has 1 nitrogen and oxygen atoms in total. The number of rotatable bonds is 0. The van der Waals surface area contributed by atoms with Gasteiger partial charge in [0.15, 0.2) is 0 Å². The normalized spacial score (nSPS) is 8.70. The van der Waals surface area contributed by atoms with Crippen LogP contribution in [-0.2, 0) is 0 Å². The molecule has 56 valence electrons. The van der Waals surface area contributed by atoms with Gasteiger partial charge in [-0.1, -0.05) is 29.3 Å². The Labute approximate surface area is 69.9 Å². The Kier molecular flexibility index (Phi) is 3.72. The second kappa shape index (κ2) is 3.81. The third-order valence-electron chi connectivity index (χ3n) is 1.20. The fourth-order valence-corrected chi connectivity index (χ4v) is 0.979. The molecule has 10 heavy (non-hydrogen) atoms. The Morgan fingerprint density at radius 3 is 1.80 bits per heavy atom. The first-order chi connectivity index (χ1) is 4.22. The van der Waals surface area contributed by atoms with Crippen molar-refractivity contribution >= 4 is 23.2 Å². The molecule has 1 aromatic rings. The molecular formula is C7H8Cl2O. The maximum Gasteiger partial charge on any atom is 0.0450 e. The lowest BCUT2D eigenvalue weighted by molar-refractivity contribution is 0.824. The molecule has 0 radical (unpaired) electrons. The van der Waals surface area contributed by atoms with Crippen LogP contribution in [-0.4, -0.2) is 5.48 Å². The van der Waals surface area contributed by atoms with Crippen molar-refractivity contribution in [3.63, 3.8) is 0 Å². The van der Waals surface area contributed by atoms with E-state index < -0.39 is 0 Å². The molecule has 0 heterocycles. The fourth-order valence-electron chi connectivity index (χ4n) is 0.581. The number of benzene rings is 1. The van der Waals surface area contributed by atoms with Crippen LogP contribution in [0.15, 0.2) is 18.2 Å². The minimum Gasteiger partial charge on any atom is -0.412 e. The highest BCUT2D eigenvalue weighted by Crippen LogP contribution is 2.21. The summed E-state index contributed by atoms with van der Waals surface area (Å²) in [7, 11) is 0. The van der Waals surface area contributed by atoms with Gasteiger partial charge in [-0.3, -0.25) is 0 Å². The van der Waals surface area contributed by atoms with Gasteiger partial charge >= 0.3 is 0 Å². The van der Waals surface area contributed by atoms with Crippen LogP contribution in [0.5, 0.6) is 0 Å². The second-order valence-electron chi connectivity index (χ2n) is 1.85. The first-order valence-electron chi connectivity index (χ1n) is 2.62. The molecule has 0 aromatic heterocycles. The topological polar surface area (TPSA) is 31.5 Å². The van der Waals surface area contributed by atoms with E-state index in [0.29, 0.717) is 0 Å². The van der Waals surface area contributed by atoms with Gasteiger partial charge in [0.1, 0.15) is 0 Å². The molecule has 3 heteroatoms. The van der Waals surface area contributed by atoms with E-state index in [1.54, 1.807) is 0 Å². The van der Waals surface area contributed by atoms with Gasteiger partial charge in [-0.2, -0.15) is 0 Å². The first kappa shape index (κ1) is 9.76. The lowest BCUT2D eigenvalue weighted by Crippen LogP contribution is -1.73. The molecule has 0 saturated heterocycles. The van der Waals surface area contributed by atoms with Crippen molar-refractivity contribution in [1.82, 2.24) is 0 Å². The van der Waals surface area contributed by atoms with Crippen LogP contribution in [0.4, 0.5) is 0 Å².